The number of hydrogen-bond acceptors (Lipinski definition) is 5. The molecule has 0 radical (unpaired) electrons. The van der Waals surface area contributed by atoms with Crippen LogP contribution in [0.25, 0.3) is 10.8 Å². The van der Waals surface area contributed by atoms with Crippen LogP contribution in [0.4, 0.5) is 5.82 Å². The van der Waals surface area contributed by atoms with E-state index in [9.17, 15) is 13.3 Å². The molecule has 7 heteroatoms. The van der Waals surface area contributed by atoms with Gasteiger partial charge in [-0.15, -0.1) is 4.91 Å². The lowest BCUT2D eigenvalue weighted by Crippen LogP contribution is -2.03. The number of anilines is 1. The molecule has 1 N–H and O–H groups in total. The van der Waals surface area contributed by atoms with Crippen molar-refractivity contribution in [1.29, 1.82) is 0 Å². The number of pyridine rings is 1. The van der Waals surface area contributed by atoms with E-state index in [1.165, 1.54) is 18.3 Å². The normalized spacial score (nSPS) is 11.3. The van der Waals surface area contributed by atoms with E-state index >= 15 is 0 Å². The summed E-state index contributed by atoms with van der Waals surface area (Å²) in [7, 11) is -3.66. The minimum Gasteiger partial charge on any atom is -0.236 e. The SMILES string of the molecule is O=NNc1ccc(S(=O)(=O)c2ccc3ccccc3c2)cn1. The zero-order chi connectivity index (χ0) is 15.6. The first-order valence-electron chi connectivity index (χ1n) is 6.39. The Kier molecular flexibility index (Phi) is 3.56. The summed E-state index contributed by atoms with van der Waals surface area (Å²) in [6.45, 7) is 0. The van der Waals surface area contributed by atoms with Gasteiger partial charge in [0.25, 0.3) is 0 Å². The molecule has 0 saturated carbocycles. The maximum Gasteiger partial charge on any atom is 0.208 e. The first kappa shape index (κ1) is 14.2. The molecule has 1 heterocycles. The van der Waals surface area contributed by atoms with Crippen LogP contribution in [0.15, 0.2) is 75.9 Å². The molecule has 0 amide bonds. The van der Waals surface area contributed by atoms with E-state index in [0.29, 0.717) is 0 Å². The van der Waals surface area contributed by atoms with Gasteiger partial charge in [0.05, 0.1) is 15.1 Å². The van der Waals surface area contributed by atoms with Crippen molar-refractivity contribution in [2.45, 2.75) is 9.79 Å². The lowest BCUT2D eigenvalue weighted by molar-refractivity contribution is 0.596. The summed E-state index contributed by atoms with van der Waals surface area (Å²) in [6.07, 6.45) is 1.19. The summed E-state index contributed by atoms with van der Waals surface area (Å²) in [4.78, 5) is 14.2. The highest BCUT2D eigenvalue weighted by atomic mass is 32.2. The summed E-state index contributed by atoms with van der Waals surface area (Å²) in [5.74, 6) is 0.187. The third-order valence-corrected chi connectivity index (χ3v) is 4.97. The van der Waals surface area contributed by atoms with Crippen LogP contribution in [0.5, 0.6) is 0 Å². The number of benzene rings is 2. The van der Waals surface area contributed by atoms with Crippen LogP contribution in [-0.4, -0.2) is 13.4 Å². The number of rotatable bonds is 4. The van der Waals surface area contributed by atoms with Crippen LogP contribution in [0.3, 0.4) is 0 Å². The number of aromatic nitrogens is 1. The van der Waals surface area contributed by atoms with Crippen molar-refractivity contribution in [3.05, 3.63) is 65.7 Å². The second-order valence-electron chi connectivity index (χ2n) is 4.59. The lowest BCUT2D eigenvalue weighted by Gasteiger charge is -2.06. The predicted octanol–water partition coefficient (Wildman–Crippen LogP) is 3.16. The zero-order valence-electron chi connectivity index (χ0n) is 11.3. The van der Waals surface area contributed by atoms with Crippen molar-refractivity contribution in [1.82, 2.24) is 4.98 Å². The van der Waals surface area contributed by atoms with Crippen LogP contribution < -0.4 is 5.43 Å². The van der Waals surface area contributed by atoms with E-state index in [1.807, 2.05) is 24.3 Å². The monoisotopic (exact) mass is 313 g/mol. The van der Waals surface area contributed by atoms with Crippen molar-refractivity contribution in [3.63, 3.8) is 0 Å². The second-order valence-corrected chi connectivity index (χ2v) is 6.54. The molecule has 1 aromatic heterocycles. The number of nitroso groups, excluding NO2 is 1. The molecule has 0 aliphatic carbocycles. The summed E-state index contributed by atoms with van der Waals surface area (Å²) < 4.78 is 25.2. The van der Waals surface area contributed by atoms with Crippen LogP contribution in [0.1, 0.15) is 0 Å². The van der Waals surface area contributed by atoms with Crippen LogP contribution in [-0.2, 0) is 9.84 Å². The number of hydrogen-bond donors (Lipinski definition) is 1. The van der Waals surface area contributed by atoms with E-state index in [1.54, 1.807) is 18.2 Å². The van der Waals surface area contributed by atoms with Gasteiger partial charge >= 0.3 is 0 Å². The van der Waals surface area contributed by atoms with Crippen molar-refractivity contribution in [2.75, 3.05) is 5.43 Å². The van der Waals surface area contributed by atoms with Crippen LogP contribution in [0.2, 0.25) is 0 Å². The maximum absolute atomic E-state index is 12.6. The molecule has 2 aromatic carbocycles. The fourth-order valence-corrected chi connectivity index (χ4v) is 3.36. The molecule has 0 aliphatic heterocycles. The highest BCUT2D eigenvalue weighted by molar-refractivity contribution is 7.91. The molecule has 0 saturated heterocycles. The maximum atomic E-state index is 12.6. The fourth-order valence-electron chi connectivity index (χ4n) is 2.12. The van der Waals surface area contributed by atoms with Gasteiger partial charge in [0.2, 0.25) is 9.84 Å². The number of fused-ring (bicyclic) bond motifs is 1. The molecular weight excluding hydrogens is 302 g/mol. The Morgan fingerprint density at radius 1 is 0.909 bits per heavy atom. The molecule has 0 bridgehead atoms. The molecule has 0 aliphatic rings. The molecule has 0 unspecified atom stereocenters. The highest BCUT2D eigenvalue weighted by Gasteiger charge is 2.18. The van der Waals surface area contributed by atoms with Crippen molar-refractivity contribution < 1.29 is 8.42 Å². The predicted molar refractivity (Wildman–Crippen MR) is 83.1 cm³/mol. The smallest absolute Gasteiger partial charge is 0.208 e. The zero-order valence-corrected chi connectivity index (χ0v) is 12.1. The molecular formula is C15H11N3O3S. The van der Waals surface area contributed by atoms with Gasteiger partial charge in [-0.2, -0.15) is 0 Å². The Balaban J connectivity index is 2.05. The lowest BCUT2D eigenvalue weighted by atomic mass is 10.1. The molecule has 3 aromatic rings. The van der Waals surface area contributed by atoms with Crippen molar-refractivity contribution in [3.8, 4) is 0 Å². The number of nitrogens with zero attached hydrogens (tertiary/aromatic N) is 2. The van der Waals surface area contributed by atoms with Gasteiger partial charge in [0.1, 0.15) is 5.82 Å². The Morgan fingerprint density at radius 3 is 2.32 bits per heavy atom. The molecule has 22 heavy (non-hydrogen) atoms. The van der Waals surface area contributed by atoms with Crippen LogP contribution in [0, 0.1) is 4.91 Å². The first-order chi connectivity index (χ1) is 10.6. The van der Waals surface area contributed by atoms with E-state index in [4.69, 9.17) is 0 Å². The largest absolute Gasteiger partial charge is 0.236 e. The highest BCUT2D eigenvalue weighted by Crippen LogP contribution is 2.24. The average Bonchev–Trinajstić information content (AvgIpc) is 2.55. The van der Waals surface area contributed by atoms with Crippen LogP contribution >= 0.6 is 0 Å². The van der Waals surface area contributed by atoms with E-state index in [2.05, 4.69) is 15.7 Å². The molecule has 110 valence electrons. The van der Waals surface area contributed by atoms with Gasteiger partial charge in [-0.1, -0.05) is 30.3 Å². The third kappa shape index (κ3) is 2.53. The van der Waals surface area contributed by atoms with E-state index < -0.39 is 9.84 Å². The average molecular weight is 313 g/mol. The first-order valence-corrected chi connectivity index (χ1v) is 7.88. The van der Waals surface area contributed by atoms with Gasteiger partial charge in [-0.05, 0) is 35.0 Å². The van der Waals surface area contributed by atoms with Gasteiger partial charge in [0.15, 0.2) is 0 Å². The number of nitrogens with one attached hydrogen (secondary N) is 1. The van der Waals surface area contributed by atoms with Gasteiger partial charge in [0, 0.05) is 6.20 Å². The standard InChI is InChI=1S/C15H11N3O3S/c19-18-17-15-8-7-14(10-16-15)22(20,21)13-6-5-11-3-1-2-4-12(11)9-13/h1-10H,(H,16,17,19). The van der Waals surface area contributed by atoms with Gasteiger partial charge in [-0.3, -0.25) is 0 Å². The minimum absolute atomic E-state index is 0.0548. The number of sulfone groups is 1. The Hall–Kier alpha value is -2.80. The second kappa shape index (κ2) is 5.53. The summed E-state index contributed by atoms with van der Waals surface area (Å²) in [6, 6.07) is 15.2. The van der Waals surface area contributed by atoms with Gasteiger partial charge < -0.3 is 0 Å². The molecule has 0 fully saturated rings. The van der Waals surface area contributed by atoms with E-state index in [0.717, 1.165) is 10.8 Å². The molecule has 0 atom stereocenters. The summed E-state index contributed by atoms with van der Waals surface area (Å²) in [5.41, 5.74) is 2.11. The quantitative estimate of drug-likeness (QED) is 0.590. The summed E-state index contributed by atoms with van der Waals surface area (Å²) >= 11 is 0. The molecule has 6 nitrogen and oxygen atoms in total. The molecule has 0 spiro atoms. The molecule has 3 rings (SSSR count). The Morgan fingerprint density at radius 2 is 1.64 bits per heavy atom. The summed E-state index contributed by atoms with van der Waals surface area (Å²) in [5, 5.41) is 4.29. The van der Waals surface area contributed by atoms with E-state index in [-0.39, 0.29) is 15.6 Å². The third-order valence-electron chi connectivity index (χ3n) is 3.24. The minimum atomic E-state index is -3.66. The van der Waals surface area contributed by atoms with Gasteiger partial charge in [-0.25, -0.2) is 18.8 Å². The topological polar surface area (TPSA) is 88.5 Å². The Labute approximate surface area is 126 Å². The fraction of sp³-hybridized carbons (Fsp3) is 0. The Bertz CT molecular complexity index is 938. The van der Waals surface area contributed by atoms with Crippen molar-refractivity contribution >= 4 is 26.4 Å². The van der Waals surface area contributed by atoms with Crippen molar-refractivity contribution in [2.24, 2.45) is 5.29 Å².